The van der Waals surface area contributed by atoms with Gasteiger partial charge in [0, 0.05) is 28.6 Å². The molecule has 0 atom stereocenters. The monoisotopic (exact) mass is 315 g/mol. The first-order valence-corrected chi connectivity index (χ1v) is 8.09. The van der Waals surface area contributed by atoms with Crippen molar-refractivity contribution in [1.82, 2.24) is 0 Å². The molecule has 0 radical (unpaired) electrons. The van der Waals surface area contributed by atoms with Gasteiger partial charge < -0.3 is 4.90 Å². The number of benzene rings is 2. The fourth-order valence-corrected chi connectivity index (χ4v) is 2.84. The van der Waals surface area contributed by atoms with Crippen molar-refractivity contribution in [2.24, 2.45) is 0 Å². The smallest absolute Gasteiger partial charge is 0.0366 e. The number of nitrogens with zero attached hydrogens (tertiary/aromatic N) is 1. The average molecular weight is 316 g/mol. The van der Waals surface area contributed by atoms with Gasteiger partial charge in [-0.05, 0) is 37.1 Å². The minimum Gasteiger partial charge on any atom is -0.372 e. The Hall–Kier alpha value is -1.32. The Morgan fingerprint density at radius 1 is 0.762 bits per heavy atom. The first kappa shape index (κ1) is 16.1. The lowest BCUT2D eigenvalue weighted by Crippen LogP contribution is -2.21. The average Bonchev–Trinajstić information content (AvgIpc) is 2.56. The van der Waals surface area contributed by atoms with E-state index in [9.17, 15) is 0 Å². The Labute approximate surface area is 138 Å². The van der Waals surface area contributed by atoms with E-state index >= 15 is 0 Å². The molecule has 21 heavy (non-hydrogen) atoms. The van der Waals surface area contributed by atoms with Crippen LogP contribution in [0, 0.1) is 0 Å². The number of hydrogen-bond donors (Lipinski definition) is 2. The van der Waals surface area contributed by atoms with Gasteiger partial charge in [0.25, 0.3) is 0 Å². The van der Waals surface area contributed by atoms with Gasteiger partial charge in [0.05, 0.1) is 0 Å². The molecule has 110 valence electrons. The SMILES string of the molecule is CCN(CC)c1ccc(/C(S)=C(/S)c2ccccc2)cc1. The van der Waals surface area contributed by atoms with E-state index in [4.69, 9.17) is 0 Å². The van der Waals surface area contributed by atoms with E-state index in [1.807, 2.05) is 30.3 Å². The molecule has 0 N–H and O–H groups in total. The molecular weight excluding hydrogens is 294 g/mol. The first-order chi connectivity index (χ1) is 10.2. The topological polar surface area (TPSA) is 3.24 Å². The lowest BCUT2D eigenvalue weighted by atomic mass is 10.1. The maximum atomic E-state index is 4.65. The van der Waals surface area contributed by atoms with Crippen LogP contribution in [0.2, 0.25) is 0 Å². The predicted molar refractivity (Wildman–Crippen MR) is 101 cm³/mol. The second kappa shape index (κ2) is 7.62. The summed E-state index contributed by atoms with van der Waals surface area (Å²) in [6.45, 7) is 6.37. The van der Waals surface area contributed by atoms with Gasteiger partial charge in [0.2, 0.25) is 0 Å². The minimum absolute atomic E-state index is 0.898. The zero-order valence-electron chi connectivity index (χ0n) is 12.5. The molecule has 0 saturated carbocycles. The lowest BCUT2D eigenvalue weighted by molar-refractivity contribution is 0.866. The molecule has 0 aromatic heterocycles. The highest BCUT2D eigenvalue weighted by molar-refractivity contribution is 7.96. The number of anilines is 1. The van der Waals surface area contributed by atoms with Gasteiger partial charge in [-0.15, -0.1) is 25.3 Å². The molecule has 2 rings (SSSR count). The van der Waals surface area contributed by atoms with Crippen molar-refractivity contribution in [3.63, 3.8) is 0 Å². The maximum absolute atomic E-state index is 4.65. The van der Waals surface area contributed by atoms with Crippen molar-refractivity contribution in [2.75, 3.05) is 18.0 Å². The third-order valence-electron chi connectivity index (χ3n) is 3.54. The van der Waals surface area contributed by atoms with Crippen molar-refractivity contribution in [3.05, 3.63) is 65.7 Å². The molecule has 0 fully saturated rings. The highest BCUT2D eigenvalue weighted by Gasteiger charge is 2.06. The lowest BCUT2D eigenvalue weighted by Gasteiger charge is -2.21. The van der Waals surface area contributed by atoms with Crippen molar-refractivity contribution in [2.45, 2.75) is 13.8 Å². The van der Waals surface area contributed by atoms with E-state index in [1.54, 1.807) is 0 Å². The molecule has 0 aliphatic rings. The molecule has 0 aliphatic carbocycles. The van der Waals surface area contributed by atoms with Gasteiger partial charge in [-0.3, -0.25) is 0 Å². The van der Waals surface area contributed by atoms with E-state index in [2.05, 4.69) is 68.3 Å². The molecule has 2 aromatic carbocycles. The molecule has 2 aromatic rings. The van der Waals surface area contributed by atoms with Crippen molar-refractivity contribution >= 4 is 40.8 Å². The van der Waals surface area contributed by atoms with E-state index in [0.29, 0.717) is 0 Å². The summed E-state index contributed by atoms with van der Waals surface area (Å²) in [6.07, 6.45) is 0. The van der Waals surface area contributed by atoms with Gasteiger partial charge in [-0.2, -0.15) is 0 Å². The fraction of sp³-hybridized carbons (Fsp3) is 0.222. The van der Waals surface area contributed by atoms with Crippen molar-refractivity contribution in [1.29, 1.82) is 0 Å². The molecule has 0 unspecified atom stereocenters. The summed E-state index contributed by atoms with van der Waals surface area (Å²) in [5, 5.41) is 0. The third-order valence-corrected chi connectivity index (χ3v) is 4.68. The Morgan fingerprint density at radius 3 is 1.71 bits per heavy atom. The Bertz CT molecular complexity index is 599. The van der Waals surface area contributed by atoms with Gasteiger partial charge in [0.1, 0.15) is 0 Å². The maximum Gasteiger partial charge on any atom is 0.0366 e. The molecule has 0 aliphatic heterocycles. The van der Waals surface area contributed by atoms with Gasteiger partial charge >= 0.3 is 0 Å². The quantitative estimate of drug-likeness (QED) is 0.565. The van der Waals surface area contributed by atoms with Crippen LogP contribution in [-0.4, -0.2) is 13.1 Å². The summed E-state index contributed by atoms with van der Waals surface area (Å²) in [4.78, 5) is 4.12. The van der Waals surface area contributed by atoms with Crippen LogP contribution in [0.15, 0.2) is 54.6 Å². The zero-order valence-corrected chi connectivity index (χ0v) is 14.2. The molecule has 0 amide bonds. The van der Waals surface area contributed by atoms with E-state index in [-0.39, 0.29) is 0 Å². The van der Waals surface area contributed by atoms with Crippen LogP contribution in [0.3, 0.4) is 0 Å². The summed E-state index contributed by atoms with van der Waals surface area (Å²) in [7, 11) is 0. The van der Waals surface area contributed by atoms with E-state index in [1.165, 1.54) is 5.69 Å². The van der Waals surface area contributed by atoms with Gasteiger partial charge in [-0.1, -0.05) is 42.5 Å². The largest absolute Gasteiger partial charge is 0.372 e. The number of thiol groups is 2. The Morgan fingerprint density at radius 2 is 1.24 bits per heavy atom. The second-order valence-corrected chi connectivity index (χ2v) is 5.68. The Kier molecular flexibility index (Phi) is 5.83. The van der Waals surface area contributed by atoms with Crippen LogP contribution < -0.4 is 4.90 Å². The summed E-state index contributed by atoms with van der Waals surface area (Å²) in [5.74, 6) is 0. The number of rotatable bonds is 5. The fourth-order valence-electron chi connectivity index (χ4n) is 2.29. The van der Waals surface area contributed by atoms with Crippen molar-refractivity contribution < 1.29 is 0 Å². The Balaban J connectivity index is 2.30. The van der Waals surface area contributed by atoms with Crippen molar-refractivity contribution in [3.8, 4) is 0 Å². The highest BCUT2D eigenvalue weighted by Crippen LogP contribution is 2.32. The summed E-state index contributed by atoms with van der Waals surface area (Å²) in [5.41, 5.74) is 3.41. The summed E-state index contributed by atoms with van der Waals surface area (Å²) in [6, 6.07) is 18.6. The van der Waals surface area contributed by atoms with E-state index in [0.717, 1.165) is 34.0 Å². The standard InChI is InChI=1S/C18H21NS2/c1-3-19(4-2)16-12-10-15(11-13-16)18(21)17(20)14-8-6-5-7-9-14/h5-13,20-21H,3-4H2,1-2H3/b18-17-. The van der Waals surface area contributed by atoms with Gasteiger partial charge in [-0.25, -0.2) is 0 Å². The van der Waals surface area contributed by atoms with Crippen LogP contribution in [0.4, 0.5) is 5.69 Å². The zero-order chi connectivity index (χ0) is 15.2. The highest BCUT2D eigenvalue weighted by atomic mass is 32.1. The summed E-state index contributed by atoms with van der Waals surface area (Å²) >= 11 is 9.27. The van der Waals surface area contributed by atoms with E-state index < -0.39 is 0 Å². The predicted octanol–water partition coefficient (Wildman–Crippen LogP) is 5.22. The molecule has 0 spiro atoms. The molecule has 0 bridgehead atoms. The summed E-state index contributed by atoms with van der Waals surface area (Å²) < 4.78 is 0. The molecule has 0 saturated heterocycles. The normalized spacial score (nSPS) is 12.0. The third kappa shape index (κ3) is 3.86. The van der Waals surface area contributed by atoms with Crippen LogP contribution >= 0.6 is 25.3 Å². The number of hydrogen-bond acceptors (Lipinski definition) is 3. The van der Waals surface area contributed by atoms with Crippen LogP contribution in [-0.2, 0) is 0 Å². The van der Waals surface area contributed by atoms with Crippen LogP contribution in [0.1, 0.15) is 25.0 Å². The second-order valence-electron chi connectivity index (χ2n) is 4.78. The van der Waals surface area contributed by atoms with Crippen LogP contribution in [0.5, 0.6) is 0 Å². The molecule has 3 heteroatoms. The first-order valence-electron chi connectivity index (χ1n) is 7.20. The molecule has 1 nitrogen and oxygen atoms in total. The molecular formula is C18H21NS2. The van der Waals surface area contributed by atoms with Crippen LogP contribution in [0.25, 0.3) is 9.81 Å². The van der Waals surface area contributed by atoms with Gasteiger partial charge in [0.15, 0.2) is 0 Å². The minimum atomic E-state index is 0.898. The molecule has 0 heterocycles.